The highest BCUT2D eigenvalue weighted by Crippen LogP contribution is 2.25. The van der Waals surface area contributed by atoms with Crippen LogP contribution in [0, 0.1) is 0 Å². The maximum Gasteiger partial charge on any atom is 0.348 e. The van der Waals surface area contributed by atoms with Gasteiger partial charge >= 0.3 is 17.9 Å². The first-order valence-electron chi connectivity index (χ1n) is 10.00. The first-order chi connectivity index (χ1) is 15.3. The Hall–Kier alpha value is -3.81. The van der Waals surface area contributed by atoms with Gasteiger partial charge in [-0.25, -0.2) is 14.4 Å². The van der Waals surface area contributed by atoms with Crippen molar-refractivity contribution in [3.8, 4) is 11.5 Å². The van der Waals surface area contributed by atoms with Gasteiger partial charge in [0.25, 0.3) is 5.79 Å². The van der Waals surface area contributed by atoms with E-state index in [1.54, 1.807) is 48.5 Å². The lowest BCUT2D eigenvalue weighted by Gasteiger charge is -2.29. The highest BCUT2D eigenvalue weighted by molar-refractivity contribution is 6.18. The molecule has 0 radical (unpaired) electrons. The molecule has 0 bridgehead atoms. The van der Waals surface area contributed by atoms with Crippen LogP contribution in [0.4, 0.5) is 0 Å². The summed E-state index contributed by atoms with van der Waals surface area (Å²) in [5.74, 6) is -1.91. The van der Waals surface area contributed by atoms with Gasteiger partial charge in [0.2, 0.25) is 0 Å². The molecule has 1 heterocycles. The number of rotatable bonds is 8. The minimum Gasteiger partial charge on any atom is -0.493 e. The number of esters is 3. The molecule has 32 heavy (non-hydrogen) atoms. The van der Waals surface area contributed by atoms with Crippen molar-refractivity contribution >= 4 is 24.0 Å². The molecule has 0 amide bonds. The van der Waals surface area contributed by atoms with Gasteiger partial charge in [-0.3, -0.25) is 0 Å². The van der Waals surface area contributed by atoms with Crippen LogP contribution in [0.1, 0.15) is 36.2 Å². The lowest BCUT2D eigenvalue weighted by Crippen LogP contribution is -2.41. The van der Waals surface area contributed by atoms with Crippen LogP contribution in [0.2, 0.25) is 0 Å². The Morgan fingerprint density at radius 1 is 0.938 bits per heavy atom. The molecule has 2 aromatic carbocycles. The minimum atomic E-state index is -1.28. The van der Waals surface area contributed by atoms with Crippen molar-refractivity contribution in [2.75, 3.05) is 20.3 Å². The molecule has 0 aromatic heterocycles. The molecule has 1 aliphatic heterocycles. The Morgan fingerprint density at radius 3 is 2.19 bits per heavy atom. The number of carbonyl (C=O) groups is 3. The second-order valence-electron chi connectivity index (χ2n) is 7.38. The van der Waals surface area contributed by atoms with Crippen LogP contribution in [-0.4, -0.2) is 44.0 Å². The predicted molar refractivity (Wildman–Crippen MR) is 114 cm³/mol. The van der Waals surface area contributed by atoms with E-state index in [0.29, 0.717) is 42.3 Å². The third-order valence-corrected chi connectivity index (χ3v) is 4.39. The molecule has 8 heteroatoms. The Bertz CT molecular complexity index is 999. The summed E-state index contributed by atoms with van der Waals surface area (Å²) in [5, 5.41) is 0. The molecule has 8 nitrogen and oxygen atoms in total. The number of hydrogen-bond donors (Lipinski definition) is 0. The molecule has 0 unspecified atom stereocenters. The normalized spacial score (nSPS) is 14.8. The van der Waals surface area contributed by atoms with Crippen molar-refractivity contribution in [1.82, 2.24) is 0 Å². The van der Waals surface area contributed by atoms with Crippen LogP contribution in [0.15, 0.2) is 54.1 Å². The van der Waals surface area contributed by atoms with E-state index in [2.05, 4.69) is 4.74 Å². The van der Waals surface area contributed by atoms with Crippen molar-refractivity contribution in [3.63, 3.8) is 0 Å². The van der Waals surface area contributed by atoms with Crippen LogP contribution in [-0.2, 0) is 23.8 Å². The fourth-order valence-corrected chi connectivity index (χ4v) is 2.88. The summed E-state index contributed by atoms with van der Waals surface area (Å²) in [6.07, 6.45) is 2.03. The molecule has 0 aliphatic carbocycles. The molecule has 3 rings (SSSR count). The van der Waals surface area contributed by atoms with Gasteiger partial charge in [-0.2, -0.15) is 0 Å². The third kappa shape index (κ3) is 6.10. The van der Waals surface area contributed by atoms with E-state index in [-0.39, 0.29) is 5.57 Å². The van der Waals surface area contributed by atoms with Gasteiger partial charge in [0.15, 0.2) is 0 Å². The predicted octanol–water partition coefficient (Wildman–Crippen LogP) is 3.54. The van der Waals surface area contributed by atoms with Gasteiger partial charge in [0, 0.05) is 20.3 Å². The van der Waals surface area contributed by atoms with E-state index in [9.17, 15) is 14.4 Å². The summed E-state index contributed by atoms with van der Waals surface area (Å²) < 4.78 is 26.2. The zero-order chi connectivity index (χ0) is 23.1. The lowest BCUT2D eigenvalue weighted by molar-refractivity contribution is -0.222. The van der Waals surface area contributed by atoms with Crippen LogP contribution in [0.3, 0.4) is 0 Å². The zero-order valence-electron chi connectivity index (χ0n) is 18.1. The SMILES string of the molecule is COC(=O)c1ccc(OCCCOc2cccc(C=C3C(=O)OC(C)(C)OC3=O)c2)cc1. The highest BCUT2D eigenvalue weighted by atomic mass is 16.7. The van der Waals surface area contributed by atoms with Crippen molar-refractivity contribution in [2.24, 2.45) is 0 Å². The lowest BCUT2D eigenvalue weighted by atomic mass is 10.1. The number of ether oxygens (including phenoxy) is 5. The van der Waals surface area contributed by atoms with Crippen LogP contribution in [0.5, 0.6) is 11.5 Å². The average Bonchev–Trinajstić information content (AvgIpc) is 2.75. The van der Waals surface area contributed by atoms with Crippen molar-refractivity contribution in [1.29, 1.82) is 0 Å². The Labute approximate surface area is 185 Å². The molecule has 1 saturated heterocycles. The fourth-order valence-electron chi connectivity index (χ4n) is 2.88. The van der Waals surface area contributed by atoms with Gasteiger partial charge in [-0.1, -0.05) is 12.1 Å². The number of methoxy groups -OCH3 is 1. The van der Waals surface area contributed by atoms with Crippen LogP contribution < -0.4 is 9.47 Å². The summed E-state index contributed by atoms with van der Waals surface area (Å²) in [5.41, 5.74) is 0.887. The smallest absolute Gasteiger partial charge is 0.348 e. The van der Waals surface area contributed by atoms with E-state index in [0.717, 1.165) is 0 Å². The monoisotopic (exact) mass is 440 g/mol. The Kier molecular flexibility index (Phi) is 7.14. The van der Waals surface area contributed by atoms with E-state index < -0.39 is 23.7 Å². The molecule has 168 valence electrons. The zero-order valence-corrected chi connectivity index (χ0v) is 18.1. The first-order valence-corrected chi connectivity index (χ1v) is 10.00. The summed E-state index contributed by atoms with van der Waals surface area (Å²) in [7, 11) is 1.33. The molecule has 0 atom stereocenters. The van der Waals surface area contributed by atoms with Gasteiger partial charge in [-0.05, 0) is 48.0 Å². The number of hydrogen-bond acceptors (Lipinski definition) is 8. The molecule has 1 fully saturated rings. The molecule has 2 aromatic rings. The van der Waals surface area contributed by atoms with E-state index >= 15 is 0 Å². The van der Waals surface area contributed by atoms with Crippen LogP contribution in [0.25, 0.3) is 6.08 Å². The largest absolute Gasteiger partial charge is 0.493 e. The van der Waals surface area contributed by atoms with E-state index in [4.69, 9.17) is 18.9 Å². The first kappa shape index (κ1) is 22.9. The highest BCUT2D eigenvalue weighted by Gasteiger charge is 2.38. The quantitative estimate of drug-likeness (QED) is 0.266. The van der Waals surface area contributed by atoms with Gasteiger partial charge in [0.1, 0.15) is 17.1 Å². The second-order valence-corrected chi connectivity index (χ2v) is 7.38. The summed E-state index contributed by atoms with van der Waals surface area (Å²) in [6, 6.07) is 13.6. The third-order valence-electron chi connectivity index (χ3n) is 4.39. The molecule has 0 spiro atoms. The number of cyclic esters (lactones) is 2. The molecular weight excluding hydrogens is 416 g/mol. The number of benzene rings is 2. The maximum absolute atomic E-state index is 12.1. The van der Waals surface area contributed by atoms with Crippen molar-refractivity contribution in [3.05, 3.63) is 65.2 Å². The molecule has 0 N–H and O–H groups in total. The summed E-state index contributed by atoms with van der Waals surface area (Å²) >= 11 is 0. The van der Waals surface area contributed by atoms with Gasteiger partial charge in [-0.15, -0.1) is 0 Å². The van der Waals surface area contributed by atoms with Gasteiger partial charge in [0.05, 0.1) is 25.9 Å². The number of carbonyl (C=O) groups excluding carboxylic acids is 3. The maximum atomic E-state index is 12.1. The standard InChI is InChI=1S/C24H24O8/c1-24(2)31-22(26)20(23(27)32-24)15-16-6-4-7-19(14-16)30-13-5-12-29-18-10-8-17(9-11-18)21(25)28-3/h4,6-11,14-15H,5,12-13H2,1-3H3. The Balaban J connectivity index is 1.49. The summed E-state index contributed by atoms with van der Waals surface area (Å²) in [4.78, 5) is 35.6. The van der Waals surface area contributed by atoms with Crippen molar-refractivity contribution < 1.29 is 38.1 Å². The molecule has 1 aliphatic rings. The average molecular weight is 440 g/mol. The van der Waals surface area contributed by atoms with E-state index in [1.807, 2.05) is 0 Å². The molecule has 0 saturated carbocycles. The fraction of sp³-hybridized carbons (Fsp3) is 0.292. The van der Waals surface area contributed by atoms with Crippen LogP contribution >= 0.6 is 0 Å². The van der Waals surface area contributed by atoms with Gasteiger partial charge < -0.3 is 23.7 Å². The summed E-state index contributed by atoms with van der Waals surface area (Å²) in [6.45, 7) is 3.82. The minimum absolute atomic E-state index is 0.173. The Morgan fingerprint density at radius 2 is 1.56 bits per heavy atom. The van der Waals surface area contributed by atoms with Crippen molar-refractivity contribution in [2.45, 2.75) is 26.1 Å². The molecular formula is C24H24O8. The second kappa shape index (κ2) is 10.00. The van der Waals surface area contributed by atoms with E-state index in [1.165, 1.54) is 27.0 Å². The topological polar surface area (TPSA) is 97.4 Å².